The van der Waals surface area contributed by atoms with E-state index in [-0.39, 0.29) is 0 Å². The minimum absolute atomic E-state index is 1.12. The molecule has 0 saturated carbocycles. The molecule has 0 amide bonds. The SMILES string of the molecule is CCCCc1cc(C)ccn1.O=[N+]([O-])O. The van der Waals surface area contributed by atoms with Gasteiger partial charge in [-0.15, -0.1) is 10.1 Å². The number of aromatic nitrogens is 1. The van der Waals surface area contributed by atoms with Crippen molar-refractivity contribution in [2.45, 2.75) is 33.1 Å². The van der Waals surface area contributed by atoms with Gasteiger partial charge in [0, 0.05) is 11.9 Å². The van der Waals surface area contributed by atoms with Crippen molar-refractivity contribution in [1.29, 1.82) is 0 Å². The van der Waals surface area contributed by atoms with E-state index in [2.05, 4.69) is 24.9 Å². The number of nitrogens with zero attached hydrogens (tertiary/aromatic N) is 2. The lowest BCUT2D eigenvalue weighted by Gasteiger charge is -1.98. The summed E-state index contributed by atoms with van der Waals surface area (Å²) >= 11 is 0. The van der Waals surface area contributed by atoms with Crippen molar-refractivity contribution < 1.29 is 10.3 Å². The molecule has 1 heterocycles. The third kappa shape index (κ3) is 8.67. The highest BCUT2D eigenvalue weighted by Crippen LogP contribution is 2.03. The Morgan fingerprint density at radius 1 is 1.60 bits per heavy atom. The molecule has 5 heteroatoms. The molecule has 1 N–H and O–H groups in total. The summed E-state index contributed by atoms with van der Waals surface area (Å²) < 4.78 is 0. The van der Waals surface area contributed by atoms with Crippen LogP contribution in [0.2, 0.25) is 0 Å². The first-order valence-corrected chi connectivity index (χ1v) is 4.81. The maximum absolute atomic E-state index is 8.36. The summed E-state index contributed by atoms with van der Waals surface area (Å²) in [5, 5.41) is 13.6. The van der Waals surface area contributed by atoms with Gasteiger partial charge in [0.15, 0.2) is 0 Å². The molecule has 0 fully saturated rings. The van der Waals surface area contributed by atoms with Gasteiger partial charge < -0.3 is 5.21 Å². The number of pyridine rings is 1. The predicted octanol–water partition coefficient (Wildman–Crippen LogP) is 2.38. The van der Waals surface area contributed by atoms with Crippen LogP contribution in [0, 0.1) is 17.0 Å². The minimum atomic E-state index is -1.50. The van der Waals surface area contributed by atoms with Crippen LogP contribution in [0.3, 0.4) is 0 Å². The average Bonchev–Trinajstić information content (AvgIpc) is 2.14. The zero-order valence-corrected chi connectivity index (χ0v) is 9.01. The third-order valence-corrected chi connectivity index (χ3v) is 1.76. The first-order valence-electron chi connectivity index (χ1n) is 4.81. The van der Waals surface area contributed by atoms with Gasteiger partial charge >= 0.3 is 0 Å². The number of hydrogen-bond acceptors (Lipinski definition) is 3. The van der Waals surface area contributed by atoms with Gasteiger partial charge in [0.1, 0.15) is 0 Å². The Bertz CT molecular complexity index is 298. The molecule has 0 atom stereocenters. The van der Waals surface area contributed by atoms with E-state index in [9.17, 15) is 0 Å². The van der Waals surface area contributed by atoms with E-state index < -0.39 is 5.09 Å². The fourth-order valence-electron chi connectivity index (χ4n) is 1.09. The summed E-state index contributed by atoms with van der Waals surface area (Å²) in [6.45, 7) is 4.31. The molecular formula is C10H16N2O3. The molecular weight excluding hydrogens is 196 g/mol. The van der Waals surface area contributed by atoms with Crippen LogP contribution in [-0.2, 0) is 6.42 Å². The number of unbranched alkanes of at least 4 members (excludes halogenated alkanes) is 1. The Balaban J connectivity index is 0.000000423. The third-order valence-electron chi connectivity index (χ3n) is 1.76. The highest BCUT2D eigenvalue weighted by Gasteiger charge is 1.92. The fourth-order valence-corrected chi connectivity index (χ4v) is 1.09. The minimum Gasteiger partial charge on any atom is -0.328 e. The Kier molecular flexibility index (Phi) is 6.88. The number of aryl methyl sites for hydroxylation is 2. The summed E-state index contributed by atoms with van der Waals surface area (Å²) in [6.07, 6.45) is 5.50. The first kappa shape index (κ1) is 13.4. The zero-order valence-electron chi connectivity index (χ0n) is 9.01. The molecule has 1 aromatic rings. The Labute approximate surface area is 88.9 Å². The van der Waals surface area contributed by atoms with Crippen LogP contribution >= 0.6 is 0 Å². The summed E-state index contributed by atoms with van der Waals surface area (Å²) in [6, 6.07) is 4.20. The molecule has 0 aliphatic rings. The quantitative estimate of drug-likeness (QED) is 0.616. The van der Waals surface area contributed by atoms with Crippen molar-refractivity contribution in [3.05, 3.63) is 39.7 Å². The molecule has 0 spiro atoms. The smallest absolute Gasteiger partial charge is 0.291 e. The monoisotopic (exact) mass is 212 g/mol. The van der Waals surface area contributed by atoms with E-state index in [4.69, 9.17) is 15.3 Å². The van der Waals surface area contributed by atoms with Crippen LogP contribution in [0.5, 0.6) is 0 Å². The van der Waals surface area contributed by atoms with Crippen LogP contribution in [0.1, 0.15) is 31.0 Å². The van der Waals surface area contributed by atoms with Gasteiger partial charge in [-0.3, -0.25) is 4.98 Å². The Morgan fingerprint density at radius 2 is 2.20 bits per heavy atom. The van der Waals surface area contributed by atoms with E-state index in [1.165, 1.54) is 24.1 Å². The molecule has 0 saturated heterocycles. The topological polar surface area (TPSA) is 76.3 Å². The van der Waals surface area contributed by atoms with Crippen molar-refractivity contribution in [3.63, 3.8) is 0 Å². The molecule has 0 aliphatic carbocycles. The lowest BCUT2D eigenvalue weighted by atomic mass is 10.1. The number of hydrogen-bond donors (Lipinski definition) is 1. The molecule has 0 aliphatic heterocycles. The second-order valence-corrected chi connectivity index (χ2v) is 3.17. The van der Waals surface area contributed by atoms with Crippen molar-refractivity contribution in [3.8, 4) is 0 Å². The molecule has 0 unspecified atom stereocenters. The van der Waals surface area contributed by atoms with Gasteiger partial charge in [-0.25, -0.2) is 0 Å². The van der Waals surface area contributed by atoms with Crippen LogP contribution < -0.4 is 0 Å². The molecule has 1 rings (SSSR count). The van der Waals surface area contributed by atoms with E-state index in [0.717, 1.165) is 6.42 Å². The van der Waals surface area contributed by atoms with E-state index in [1.54, 1.807) is 0 Å². The van der Waals surface area contributed by atoms with Gasteiger partial charge in [-0.1, -0.05) is 13.3 Å². The molecule has 1 aromatic heterocycles. The molecule has 0 aromatic carbocycles. The molecule has 15 heavy (non-hydrogen) atoms. The highest BCUT2D eigenvalue weighted by molar-refractivity contribution is 5.14. The van der Waals surface area contributed by atoms with Crippen LogP contribution in [-0.4, -0.2) is 15.3 Å². The second kappa shape index (κ2) is 7.73. The molecule has 0 radical (unpaired) electrons. The number of rotatable bonds is 3. The van der Waals surface area contributed by atoms with Crippen molar-refractivity contribution in [1.82, 2.24) is 4.98 Å². The highest BCUT2D eigenvalue weighted by atomic mass is 16.9. The first-order chi connectivity index (χ1) is 7.06. The van der Waals surface area contributed by atoms with Crippen LogP contribution in [0.25, 0.3) is 0 Å². The lowest BCUT2D eigenvalue weighted by Crippen LogP contribution is -1.89. The normalized spacial score (nSPS) is 8.93. The van der Waals surface area contributed by atoms with Gasteiger partial charge in [-0.2, -0.15) is 0 Å². The summed E-state index contributed by atoms with van der Waals surface area (Å²) in [5.41, 5.74) is 2.54. The van der Waals surface area contributed by atoms with E-state index in [0.29, 0.717) is 0 Å². The fraction of sp³-hybridized carbons (Fsp3) is 0.500. The Morgan fingerprint density at radius 3 is 2.67 bits per heavy atom. The largest absolute Gasteiger partial charge is 0.328 e. The molecule has 84 valence electrons. The van der Waals surface area contributed by atoms with E-state index in [1.807, 2.05) is 12.3 Å². The zero-order chi connectivity index (χ0) is 11.7. The maximum Gasteiger partial charge on any atom is 0.291 e. The van der Waals surface area contributed by atoms with Crippen molar-refractivity contribution >= 4 is 0 Å². The standard InChI is InChI=1S/C10H15N.HNO3/c1-3-4-5-10-8-9(2)6-7-11-10;2-1(3)4/h6-8H,3-5H2,1-2H3;(H,2,3,4). The maximum atomic E-state index is 8.36. The van der Waals surface area contributed by atoms with Crippen LogP contribution in [0.4, 0.5) is 0 Å². The van der Waals surface area contributed by atoms with Gasteiger partial charge in [0.25, 0.3) is 5.09 Å². The van der Waals surface area contributed by atoms with Crippen molar-refractivity contribution in [2.75, 3.05) is 0 Å². The van der Waals surface area contributed by atoms with E-state index >= 15 is 0 Å². The average molecular weight is 212 g/mol. The van der Waals surface area contributed by atoms with Crippen molar-refractivity contribution in [2.24, 2.45) is 0 Å². The predicted molar refractivity (Wildman–Crippen MR) is 56.4 cm³/mol. The molecule has 0 bridgehead atoms. The second-order valence-electron chi connectivity index (χ2n) is 3.17. The summed E-state index contributed by atoms with van der Waals surface area (Å²) in [7, 11) is 0. The Hall–Kier alpha value is -1.65. The summed E-state index contributed by atoms with van der Waals surface area (Å²) in [5.74, 6) is 0. The molecule has 5 nitrogen and oxygen atoms in total. The van der Waals surface area contributed by atoms with Gasteiger partial charge in [-0.05, 0) is 37.5 Å². The van der Waals surface area contributed by atoms with Crippen LogP contribution in [0.15, 0.2) is 18.3 Å². The van der Waals surface area contributed by atoms with Gasteiger partial charge in [0.2, 0.25) is 0 Å². The van der Waals surface area contributed by atoms with Gasteiger partial charge in [0.05, 0.1) is 0 Å². The lowest BCUT2D eigenvalue weighted by molar-refractivity contribution is -0.742. The summed E-state index contributed by atoms with van der Waals surface area (Å²) in [4.78, 5) is 12.6.